The highest BCUT2D eigenvalue weighted by Gasteiger charge is 2.14. The number of hydrogen-bond acceptors (Lipinski definition) is 2. The molecule has 1 unspecified atom stereocenters. The Morgan fingerprint density at radius 1 is 1.42 bits per heavy atom. The first kappa shape index (κ1) is 13.4. The van der Waals surface area contributed by atoms with Crippen LogP contribution in [0.15, 0.2) is 30.5 Å². The van der Waals surface area contributed by atoms with E-state index in [-0.39, 0.29) is 18.1 Å². The van der Waals surface area contributed by atoms with Crippen molar-refractivity contribution in [2.24, 2.45) is 5.92 Å². The van der Waals surface area contributed by atoms with Crippen LogP contribution in [-0.4, -0.2) is 28.1 Å². The molecule has 0 spiro atoms. The molecule has 0 aromatic carbocycles. The summed E-state index contributed by atoms with van der Waals surface area (Å²) in [7, 11) is 0. The molecule has 1 heterocycles. The van der Waals surface area contributed by atoms with Gasteiger partial charge < -0.3 is 15.0 Å². The van der Waals surface area contributed by atoms with Gasteiger partial charge in [-0.25, -0.2) is 4.79 Å². The number of rotatable bonds is 5. The minimum Gasteiger partial charge on any atom is -0.477 e. The summed E-state index contributed by atoms with van der Waals surface area (Å²) >= 11 is 0. The van der Waals surface area contributed by atoms with Crippen molar-refractivity contribution in [3.63, 3.8) is 0 Å². The summed E-state index contributed by atoms with van der Waals surface area (Å²) in [6.07, 6.45) is 9.09. The van der Waals surface area contributed by atoms with Crippen LogP contribution in [-0.2, 0) is 11.3 Å². The fourth-order valence-electron chi connectivity index (χ4n) is 2.26. The Labute approximate surface area is 111 Å². The first-order valence-corrected chi connectivity index (χ1v) is 6.47. The molecule has 1 aliphatic rings. The maximum absolute atomic E-state index is 11.8. The molecule has 102 valence electrons. The number of carbonyl (C=O) groups excluding carboxylic acids is 1. The topological polar surface area (TPSA) is 71.3 Å². The monoisotopic (exact) mass is 262 g/mol. The van der Waals surface area contributed by atoms with Crippen LogP contribution in [0.5, 0.6) is 0 Å². The minimum atomic E-state index is -1.02. The van der Waals surface area contributed by atoms with Gasteiger partial charge in [-0.05, 0) is 37.3 Å². The normalized spacial score (nSPS) is 18.2. The number of nitrogens with one attached hydrogen (secondary N) is 1. The summed E-state index contributed by atoms with van der Waals surface area (Å²) in [6.45, 7) is 0.712. The van der Waals surface area contributed by atoms with E-state index in [2.05, 4.69) is 17.5 Å². The average Bonchev–Trinajstić information content (AvgIpc) is 2.86. The number of carboxylic acids is 1. The Hall–Kier alpha value is -2.04. The second-order valence-corrected chi connectivity index (χ2v) is 4.78. The SMILES string of the molecule is O=C(Cn1cccc1C(=O)O)NCC1CC=CCC1. The molecule has 1 atom stereocenters. The maximum Gasteiger partial charge on any atom is 0.352 e. The second kappa shape index (κ2) is 6.22. The summed E-state index contributed by atoms with van der Waals surface area (Å²) in [6, 6.07) is 3.12. The number of carbonyl (C=O) groups is 2. The van der Waals surface area contributed by atoms with Gasteiger partial charge in [0.15, 0.2) is 0 Å². The summed E-state index contributed by atoms with van der Waals surface area (Å²) < 4.78 is 1.44. The second-order valence-electron chi connectivity index (χ2n) is 4.78. The van der Waals surface area contributed by atoms with Crippen molar-refractivity contribution in [1.29, 1.82) is 0 Å². The number of aromatic nitrogens is 1. The maximum atomic E-state index is 11.8. The number of aromatic carboxylic acids is 1. The van der Waals surface area contributed by atoms with E-state index in [0.29, 0.717) is 12.5 Å². The summed E-state index contributed by atoms with van der Waals surface area (Å²) in [5.74, 6) is -0.666. The Balaban J connectivity index is 1.82. The van der Waals surface area contributed by atoms with Crippen LogP contribution >= 0.6 is 0 Å². The number of amides is 1. The summed E-state index contributed by atoms with van der Waals surface area (Å²) in [5.41, 5.74) is 0.135. The molecule has 19 heavy (non-hydrogen) atoms. The van der Waals surface area contributed by atoms with Gasteiger partial charge in [0.2, 0.25) is 5.91 Å². The highest BCUT2D eigenvalue weighted by atomic mass is 16.4. The standard InChI is InChI=1S/C14H18N2O3/c17-13(15-9-11-5-2-1-3-6-11)10-16-8-4-7-12(16)14(18)19/h1-2,4,7-8,11H,3,5-6,9-10H2,(H,15,17)(H,18,19). The Morgan fingerprint density at radius 2 is 2.26 bits per heavy atom. The molecule has 0 saturated heterocycles. The Bertz CT molecular complexity index is 491. The van der Waals surface area contributed by atoms with Crippen LogP contribution in [0.1, 0.15) is 29.8 Å². The van der Waals surface area contributed by atoms with Gasteiger partial charge in [-0.3, -0.25) is 4.79 Å². The molecule has 0 radical (unpaired) electrons. The van der Waals surface area contributed by atoms with Crippen LogP contribution in [0.2, 0.25) is 0 Å². The van der Waals surface area contributed by atoms with Crippen molar-refractivity contribution < 1.29 is 14.7 Å². The van der Waals surface area contributed by atoms with Gasteiger partial charge in [0.05, 0.1) is 0 Å². The molecule has 5 nitrogen and oxygen atoms in total. The van der Waals surface area contributed by atoms with Crippen molar-refractivity contribution >= 4 is 11.9 Å². The average molecular weight is 262 g/mol. The lowest BCUT2D eigenvalue weighted by molar-refractivity contribution is -0.121. The lowest BCUT2D eigenvalue weighted by Crippen LogP contribution is -2.32. The Morgan fingerprint density at radius 3 is 2.95 bits per heavy atom. The largest absolute Gasteiger partial charge is 0.477 e. The molecule has 2 N–H and O–H groups in total. The van der Waals surface area contributed by atoms with E-state index in [0.717, 1.165) is 19.3 Å². The third kappa shape index (κ3) is 3.71. The fraction of sp³-hybridized carbons (Fsp3) is 0.429. The molecule has 2 rings (SSSR count). The first-order chi connectivity index (χ1) is 9.16. The van der Waals surface area contributed by atoms with Crippen molar-refractivity contribution in [2.75, 3.05) is 6.54 Å². The number of carboxylic acid groups (broad SMARTS) is 1. The molecule has 0 aliphatic heterocycles. The zero-order valence-electron chi connectivity index (χ0n) is 10.7. The van der Waals surface area contributed by atoms with E-state index in [9.17, 15) is 9.59 Å². The van der Waals surface area contributed by atoms with E-state index in [1.165, 1.54) is 10.6 Å². The molecule has 0 fully saturated rings. The van der Waals surface area contributed by atoms with E-state index in [1.54, 1.807) is 12.3 Å². The first-order valence-electron chi connectivity index (χ1n) is 6.47. The van der Waals surface area contributed by atoms with Crippen LogP contribution < -0.4 is 5.32 Å². The van der Waals surface area contributed by atoms with E-state index in [4.69, 9.17) is 5.11 Å². The molecule has 1 aromatic rings. The molecule has 1 aromatic heterocycles. The number of nitrogens with zero attached hydrogens (tertiary/aromatic N) is 1. The third-order valence-corrected chi connectivity index (χ3v) is 3.33. The molecule has 1 aliphatic carbocycles. The van der Waals surface area contributed by atoms with Crippen LogP contribution in [0.25, 0.3) is 0 Å². The molecular formula is C14H18N2O3. The zero-order valence-corrected chi connectivity index (χ0v) is 10.7. The molecule has 0 bridgehead atoms. The minimum absolute atomic E-state index is 0.0528. The van der Waals surface area contributed by atoms with Crippen molar-refractivity contribution in [1.82, 2.24) is 9.88 Å². The van der Waals surface area contributed by atoms with Crippen LogP contribution in [0, 0.1) is 5.92 Å². The van der Waals surface area contributed by atoms with Gasteiger partial charge in [-0.15, -0.1) is 0 Å². The van der Waals surface area contributed by atoms with Gasteiger partial charge >= 0.3 is 5.97 Å². The summed E-state index contributed by atoms with van der Waals surface area (Å²) in [5, 5.41) is 11.8. The quantitative estimate of drug-likeness (QED) is 0.793. The van der Waals surface area contributed by atoms with Gasteiger partial charge in [0.25, 0.3) is 0 Å². The van der Waals surface area contributed by atoms with Gasteiger partial charge in [0.1, 0.15) is 12.2 Å². The summed E-state index contributed by atoms with van der Waals surface area (Å²) in [4.78, 5) is 22.7. The van der Waals surface area contributed by atoms with Crippen LogP contribution in [0.3, 0.4) is 0 Å². The highest BCUT2D eigenvalue weighted by Crippen LogP contribution is 2.16. The van der Waals surface area contributed by atoms with Crippen molar-refractivity contribution in [2.45, 2.75) is 25.8 Å². The van der Waals surface area contributed by atoms with E-state index < -0.39 is 5.97 Å². The lowest BCUT2D eigenvalue weighted by Gasteiger charge is -2.18. The van der Waals surface area contributed by atoms with Gasteiger partial charge in [-0.1, -0.05) is 12.2 Å². The molecule has 0 saturated carbocycles. The predicted molar refractivity (Wildman–Crippen MR) is 70.9 cm³/mol. The van der Waals surface area contributed by atoms with E-state index in [1.807, 2.05) is 0 Å². The third-order valence-electron chi connectivity index (χ3n) is 3.33. The smallest absolute Gasteiger partial charge is 0.352 e. The van der Waals surface area contributed by atoms with E-state index >= 15 is 0 Å². The van der Waals surface area contributed by atoms with Gasteiger partial charge in [0, 0.05) is 12.7 Å². The molecular weight excluding hydrogens is 244 g/mol. The lowest BCUT2D eigenvalue weighted by atomic mass is 9.94. The Kier molecular flexibility index (Phi) is 4.39. The zero-order chi connectivity index (χ0) is 13.7. The van der Waals surface area contributed by atoms with Crippen LogP contribution in [0.4, 0.5) is 0 Å². The fourth-order valence-corrected chi connectivity index (χ4v) is 2.26. The van der Waals surface area contributed by atoms with Crippen molar-refractivity contribution in [3.05, 3.63) is 36.2 Å². The van der Waals surface area contributed by atoms with Gasteiger partial charge in [-0.2, -0.15) is 0 Å². The highest BCUT2D eigenvalue weighted by molar-refractivity contribution is 5.86. The molecule has 1 amide bonds. The van der Waals surface area contributed by atoms with Crippen molar-refractivity contribution in [3.8, 4) is 0 Å². The number of hydrogen-bond donors (Lipinski definition) is 2. The molecule has 5 heteroatoms. The predicted octanol–water partition coefficient (Wildman–Crippen LogP) is 1.66. The number of allylic oxidation sites excluding steroid dienone is 2.